The second kappa shape index (κ2) is 13.9. The van der Waals surface area contributed by atoms with E-state index in [0.717, 1.165) is 31.7 Å². The number of ether oxygens (including phenoxy) is 2. The molecule has 0 amide bonds. The highest BCUT2D eigenvalue weighted by molar-refractivity contribution is 4.45. The molecule has 0 radical (unpaired) electrons. The summed E-state index contributed by atoms with van der Waals surface area (Å²) in [5.41, 5.74) is 0. The van der Waals surface area contributed by atoms with E-state index in [4.69, 9.17) is 4.74 Å². The zero-order valence-corrected chi connectivity index (χ0v) is 11.5. The normalized spacial score (nSPS) is 10.4. The minimum absolute atomic E-state index is 0.772. The molecule has 0 aromatic heterocycles. The highest BCUT2D eigenvalue weighted by Crippen LogP contribution is 2.02. The minimum atomic E-state index is 0.772. The predicted molar refractivity (Wildman–Crippen MR) is 67.3 cm³/mol. The van der Waals surface area contributed by atoms with Crippen molar-refractivity contribution in [3.05, 3.63) is 0 Å². The van der Waals surface area contributed by atoms with Crippen LogP contribution in [0, 0.1) is 11.8 Å². The fourth-order valence-electron chi connectivity index (χ4n) is 0.740. The first-order valence-electron chi connectivity index (χ1n) is 6.11. The van der Waals surface area contributed by atoms with Crippen molar-refractivity contribution < 1.29 is 9.47 Å². The lowest BCUT2D eigenvalue weighted by Crippen LogP contribution is -2.02. The van der Waals surface area contributed by atoms with E-state index in [9.17, 15) is 0 Å². The van der Waals surface area contributed by atoms with Gasteiger partial charge in [-0.05, 0) is 31.6 Å². The molecule has 0 fully saturated rings. The quantitative estimate of drug-likeness (QED) is 0.606. The standard InChI is InChI=1S/C10H22O.C3H8O/c1-9(2)5-7-11-8-6-10(3)4;1-3-4-2/h9-10H,5-8H2,1-4H3;3H2,1-2H3. The molecule has 0 atom stereocenters. The summed E-state index contributed by atoms with van der Waals surface area (Å²) >= 11 is 0. The first-order chi connectivity index (χ1) is 7.04. The summed E-state index contributed by atoms with van der Waals surface area (Å²) in [6, 6.07) is 0. The van der Waals surface area contributed by atoms with Gasteiger partial charge >= 0.3 is 0 Å². The van der Waals surface area contributed by atoms with Gasteiger partial charge in [-0.25, -0.2) is 0 Å². The zero-order valence-electron chi connectivity index (χ0n) is 11.5. The maximum Gasteiger partial charge on any atom is 0.0468 e. The molecule has 0 saturated heterocycles. The third kappa shape index (κ3) is 24.9. The monoisotopic (exact) mass is 218 g/mol. The highest BCUT2D eigenvalue weighted by Gasteiger charge is 1.95. The van der Waals surface area contributed by atoms with Crippen molar-refractivity contribution in [2.24, 2.45) is 11.8 Å². The van der Waals surface area contributed by atoms with Crippen molar-refractivity contribution in [3.8, 4) is 0 Å². The van der Waals surface area contributed by atoms with Crippen LogP contribution in [-0.4, -0.2) is 26.9 Å². The Morgan fingerprint density at radius 2 is 1.20 bits per heavy atom. The Morgan fingerprint density at radius 1 is 0.867 bits per heavy atom. The average Bonchev–Trinajstić information content (AvgIpc) is 2.17. The molecule has 0 aliphatic carbocycles. The maximum absolute atomic E-state index is 5.46. The van der Waals surface area contributed by atoms with Gasteiger partial charge in [0.25, 0.3) is 0 Å². The second-order valence-corrected chi connectivity index (χ2v) is 4.55. The topological polar surface area (TPSA) is 18.5 Å². The molecular weight excluding hydrogens is 188 g/mol. The van der Waals surface area contributed by atoms with Gasteiger partial charge in [0.2, 0.25) is 0 Å². The molecule has 0 unspecified atom stereocenters. The summed E-state index contributed by atoms with van der Waals surface area (Å²) in [5.74, 6) is 1.54. The summed E-state index contributed by atoms with van der Waals surface area (Å²) in [5, 5.41) is 0. The van der Waals surface area contributed by atoms with Crippen LogP contribution in [-0.2, 0) is 9.47 Å². The van der Waals surface area contributed by atoms with Crippen LogP contribution in [0.1, 0.15) is 47.5 Å². The molecule has 0 aliphatic heterocycles. The first kappa shape index (κ1) is 17.3. The Bertz CT molecular complexity index is 88.7. The summed E-state index contributed by atoms with van der Waals surface area (Å²) in [7, 11) is 1.68. The smallest absolute Gasteiger partial charge is 0.0468 e. The van der Waals surface area contributed by atoms with Gasteiger partial charge < -0.3 is 9.47 Å². The van der Waals surface area contributed by atoms with Crippen molar-refractivity contribution >= 4 is 0 Å². The van der Waals surface area contributed by atoms with Crippen LogP contribution < -0.4 is 0 Å². The molecule has 0 aromatic rings. The van der Waals surface area contributed by atoms with Crippen molar-refractivity contribution in [2.75, 3.05) is 26.9 Å². The zero-order chi connectivity index (χ0) is 12.1. The Kier molecular flexibility index (Phi) is 16.1. The lowest BCUT2D eigenvalue weighted by molar-refractivity contribution is 0.114. The lowest BCUT2D eigenvalue weighted by Gasteiger charge is -2.07. The fraction of sp³-hybridized carbons (Fsp3) is 1.00. The number of hydrogen-bond acceptors (Lipinski definition) is 2. The number of methoxy groups -OCH3 is 1. The summed E-state index contributed by atoms with van der Waals surface area (Å²) in [6.07, 6.45) is 2.39. The molecule has 0 heterocycles. The third-order valence-electron chi connectivity index (χ3n) is 1.97. The summed E-state index contributed by atoms with van der Waals surface area (Å²) in [4.78, 5) is 0. The van der Waals surface area contributed by atoms with E-state index in [0.29, 0.717) is 0 Å². The minimum Gasteiger partial charge on any atom is -0.385 e. The van der Waals surface area contributed by atoms with E-state index in [1.165, 1.54) is 12.8 Å². The Labute approximate surface area is 96.4 Å². The van der Waals surface area contributed by atoms with Crippen molar-refractivity contribution in [1.82, 2.24) is 0 Å². The molecule has 2 nitrogen and oxygen atoms in total. The van der Waals surface area contributed by atoms with E-state index in [-0.39, 0.29) is 0 Å². The van der Waals surface area contributed by atoms with E-state index in [1.807, 2.05) is 6.92 Å². The van der Waals surface area contributed by atoms with Gasteiger partial charge in [0.05, 0.1) is 0 Å². The molecular formula is C13H30O2. The van der Waals surface area contributed by atoms with E-state index in [2.05, 4.69) is 32.4 Å². The van der Waals surface area contributed by atoms with Crippen LogP contribution in [0.2, 0.25) is 0 Å². The molecule has 94 valence electrons. The molecule has 0 saturated carbocycles. The van der Waals surface area contributed by atoms with Gasteiger partial charge in [0.15, 0.2) is 0 Å². The predicted octanol–water partition coefficient (Wildman–Crippen LogP) is 3.75. The Hall–Kier alpha value is -0.0800. The first-order valence-corrected chi connectivity index (χ1v) is 6.11. The molecule has 0 aromatic carbocycles. The molecule has 0 N–H and O–H groups in total. The molecule has 2 heteroatoms. The SMILES string of the molecule is CC(C)CCOCCC(C)C.CCOC. The number of rotatable bonds is 7. The third-order valence-corrected chi connectivity index (χ3v) is 1.97. The van der Waals surface area contributed by atoms with Gasteiger partial charge in [-0.3, -0.25) is 0 Å². The highest BCUT2D eigenvalue weighted by atomic mass is 16.5. The molecule has 0 bridgehead atoms. The molecule has 0 aliphatic rings. The molecule has 0 spiro atoms. The van der Waals surface area contributed by atoms with Crippen LogP contribution in [0.15, 0.2) is 0 Å². The van der Waals surface area contributed by atoms with Crippen molar-refractivity contribution in [3.63, 3.8) is 0 Å². The average molecular weight is 218 g/mol. The Morgan fingerprint density at radius 3 is 1.40 bits per heavy atom. The lowest BCUT2D eigenvalue weighted by atomic mass is 10.1. The molecule has 0 rings (SSSR count). The van der Waals surface area contributed by atoms with E-state index in [1.54, 1.807) is 7.11 Å². The van der Waals surface area contributed by atoms with Crippen LogP contribution in [0.25, 0.3) is 0 Å². The van der Waals surface area contributed by atoms with Crippen molar-refractivity contribution in [1.29, 1.82) is 0 Å². The van der Waals surface area contributed by atoms with Gasteiger partial charge in [-0.2, -0.15) is 0 Å². The van der Waals surface area contributed by atoms with Gasteiger partial charge in [-0.15, -0.1) is 0 Å². The fourth-order valence-corrected chi connectivity index (χ4v) is 0.740. The largest absolute Gasteiger partial charge is 0.385 e. The van der Waals surface area contributed by atoms with Gasteiger partial charge in [0, 0.05) is 26.9 Å². The van der Waals surface area contributed by atoms with Gasteiger partial charge in [-0.1, -0.05) is 27.7 Å². The van der Waals surface area contributed by atoms with Crippen LogP contribution in [0.5, 0.6) is 0 Å². The molecule has 15 heavy (non-hydrogen) atoms. The van der Waals surface area contributed by atoms with Crippen LogP contribution in [0.3, 0.4) is 0 Å². The Balaban J connectivity index is 0. The summed E-state index contributed by atoms with van der Waals surface area (Å²) < 4.78 is 10.00. The van der Waals surface area contributed by atoms with E-state index >= 15 is 0 Å². The maximum atomic E-state index is 5.46. The summed E-state index contributed by atoms with van der Waals surface area (Å²) in [6.45, 7) is 13.6. The second-order valence-electron chi connectivity index (χ2n) is 4.55. The van der Waals surface area contributed by atoms with Crippen LogP contribution in [0.4, 0.5) is 0 Å². The van der Waals surface area contributed by atoms with Gasteiger partial charge in [0.1, 0.15) is 0 Å². The van der Waals surface area contributed by atoms with Crippen LogP contribution >= 0.6 is 0 Å². The van der Waals surface area contributed by atoms with Crippen molar-refractivity contribution in [2.45, 2.75) is 47.5 Å². The van der Waals surface area contributed by atoms with E-state index < -0.39 is 0 Å². The number of hydrogen-bond donors (Lipinski definition) is 0.